The molecule has 120 valence electrons. The summed E-state index contributed by atoms with van der Waals surface area (Å²) in [6, 6.07) is 2.73. The van der Waals surface area contributed by atoms with Gasteiger partial charge in [-0.15, -0.1) is 0 Å². The summed E-state index contributed by atoms with van der Waals surface area (Å²) in [5, 5.41) is 9.18. The molecule has 1 fully saturated rings. The molecule has 0 unspecified atom stereocenters. The third-order valence-electron chi connectivity index (χ3n) is 3.26. The zero-order valence-corrected chi connectivity index (χ0v) is 12.4. The fraction of sp³-hybridized carbons (Fsp3) is 0.385. The molecule has 0 bridgehead atoms. The molecule has 1 aliphatic rings. The number of esters is 1. The minimum absolute atomic E-state index is 0.130. The number of carbonyl (C=O) groups is 2. The van der Waals surface area contributed by atoms with E-state index in [-0.39, 0.29) is 17.9 Å². The van der Waals surface area contributed by atoms with Crippen molar-refractivity contribution in [2.24, 2.45) is 0 Å². The number of halogens is 1. The summed E-state index contributed by atoms with van der Waals surface area (Å²) in [5.41, 5.74) is 0. The molecule has 0 aromatic heterocycles. The van der Waals surface area contributed by atoms with Gasteiger partial charge in [0.25, 0.3) is 0 Å². The number of carbonyl (C=O) groups excluding carboxylic acids is 1. The van der Waals surface area contributed by atoms with Crippen molar-refractivity contribution in [3.63, 3.8) is 0 Å². The molecule has 1 aliphatic heterocycles. The highest BCUT2D eigenvalue weighted by Gasteiger charge is 2.45. The molecule has 22 heavy (non-hydrogen) atoms. The van der Waals surface area contributed by atoms with Crippen LogP contribution in [0.15, 0.2) is 29.2 Å². The molecule has 1 aromatic carbocycles. The topological polar surface area (TPSA) is 101 Å². The summed E-state index contributed by atoms with van der Waals surface area (Å²) in [6.45, 7) is 0.906. The highest BCUT2D eigenvalue weighted by molar-refractivity contribution is 7.89. The standard InChI is InChI=1S/C13H14FNO6S/c1-8(16)21-10-6-12(13(17)18)15(7-10)22(19,20)11-4-2-9(14)3-5-11/h2-5,10,12H,6-7H2,1H3,(H,17,18)/t10-,12-/m1/s1. The molecule has 2 rings (SSSR count). The average Bonchev–Trinajstić information content (AvgIpc) is 2.83. The maximum absolute atomic E-state index is 12.9. The SMILES string of the molecule is CC(=O)O[C@@H]1C[C@H](C(=O)O)N(S(=O)(=O)c2ccc(F)cc2)C1. The lowest BCUT2D eigenvalue weighted by Crippen LogP contribution is -2.40. The minimum atomic E-state index is -4.12. The Hall–Kier alpha value is -2.00. The fourth-order valence-electron chi connectivity index (χ4n) is 2.32. The molecule has 1 heterocycles. The first kappa shape index (κ1) is 16.4. The number of ether oxygens (including phenoxy) is 1. The molecule has 7 nitrogen and oxygen atoms in total. The van der Waals surface area contributed by atoms with Gasteiger partial charge in [-0.25, -0.2) is 12.8 Å². The molecule has 0 saturated carbocycles. The predicted octanol–water partition coefficient (Wildman–Crippen LogP) is 0.605. The second-order valence-electron chi connectivity index (χ2n) is 4.85. The molecule has 2 atom stereocenters. The van der Waals surface area contributed by atoms with Crippen LogP contribution in [0.1, 0.15) is 13.3 Å². The van der Waals surface area contributed by atoms with Crippen LogP contribution >= 0.6 is 0 Å². The van der Waals surface area contributed by atoms with Crippen LogP contribution in [0.3, 0.4) is 0 Å². The second-order valence-corrected chi connectivity index (χ2v) is 6.74. The Morgan fingerprint density at radius 2 is 1.91 bits per heavy atom. The molecular formula is C13H14FNO6S. The van der Waals surface area contributed by atoms with Crippen molar-refractivity contribution < 1.29 is 32.2 Å². The van der Waals surface area contributed by atoms with E-state index in [0.717, 1.165) is 35.5 Å². The zero-order chi connectivity index (χ0) is 16.5. The van der Waals surface area contributed by atoms with Crippen molar-refractivity contribution in [2.45, 2.75) is 30.4 Å². The summed E-state index contributed by atoms with van der Waals surface area (Å²) in [7, 11) is -4.12. The van der Waals surface area contributed by atoms with Crippen molar-refractivity contribution in [3.05, 3.63) is 30.1 Å². The number of carboxylic acids is 1. The lowest BCUT2D eigenvalue weighted by atomic mass is 10.2. The summed E-state index contributed by atoms with van der Waals surface area (Å²) in [5.74, 6) is -2.55. The van der Waals surface area contributed by atoms with Gasteiger partial charge in [-0.2, -0.15) is 4.31 Å². The molecule has 1 aromatic rings. The van der Waals surface area contributed by atoms with Gasteiger partial charge in [0.15, 0.2) is 0 Å². The highest BCUT2D eigenvalue weighted by Crippen LogP contribution is 2.28. The lowest BCUT2D eigenvalue weighted by Gasteiger charge is -2.20. The van der Waals surface area contributed by atoms with E-state index in [1.54, 1.807) is 0 Å². The van der Waals surface area contributed by atoms with Crippen LogP contribution in [0, 0.1) is 5.82 Å². The number of nitrogens with zero attached hydrogens (tertiary/aromatic N) is 1. The lowest BCUT2D eigenvalue weighted by molar-refractivity contribution is -0.146. The molecule has 0 aliphatic carbocycles. The number of benzene rings is 1. The first-order valence-electron chi connectivity index (χ1n) is 6.39. The molecule has 1 N–H and O–H groups in total. The van der Waals surface area contributed by atoms with Gasteiger partial charge in [-0.05, 0) is 24.3 Å². The smallest absolute Gasteiger partial charge is 0.322 e. The van der Waals surface area contributed by atoms with E-state index in [1.807, 2.05) is 0 Å². The molecule has 0 amide bonds. The second kappa shape index (κ2) is 6.01. The van der Waals surface area contributed by atoms with Crippen molar-refractivity contribution in [1.82, 2.24) is 4.31 Å². The molecule has 0 radical (unpaired) electrons. The normalized spacial score (nSPS) is 22.5. The van der Waals surface area contributed by atoms with Gasteiger partial charge in [0.05, 0.1) is 11.4 Å². The summed E-state index contributed by atoms with van der Waals surface area (Å²) in [4.78, 5) is 22.0. The van der Waals surface area contributed by atoms with Gasteiger partial charge in [0.1, 0.15) is 18.0 Å². The average molecular weight is 331 g/mol. The highest BCUT2D eigenvalue weighted by atomic mass is 32.2. The molecular weight excluding hydrogens is 317 g/mol. The molecule has 1 saturated heterocycles. The first-order chi connectivity index (χ1) is 10.2. The zero-order valence-electron chi connectivity index (χ0n) is 11.6. The van der Waals surface area contributed by atoms with E-state index in [9.17, 15) is 27.5 Å². The maximum atomic E-state index is 12.9. The van der Waals surface area contributed by atoms with E-state index in [2.05, 4.69) is 0 Å². The van der Waals surface area contributed by atoms with E-state index >= 15 is 0 Å². The van der Waals surface area contributed by atoms with Gasteiger partial charge in [0, 0.05) is 13.3 Å². The van der Waals surface area contributed by atoms with Crippen molar-refractivity contribution in [2.75, 3.05) is 6.54 Å². The van der Waals surface area contributed by atoms with Crippen molar-refractivity contribution in [3.8, 4) is 0 Å². The Kier molecular flexibility index (Phi) is 4.47. The van der Waals surface area contributed by atoms with Crippen LogP contribution in [0.4, 0.5) is 4.39 Å². The summed E-state index contributed by atoms with van der Waals surface area (Å²) in [6.07, 6.45) is -0.955. The minimum Gasteiger partial charge on any atom is -0.480 e. The van der Waals surface area contributed by atoms with Crippen LogP contribution in [0.2, 0.25) is 0 Å². The van der Waals surface area contributed by atoms with E-state index in [0.29, 0.717) is 0 Å². The fourth-order valence-corrected chi connectivity index (χ4v) is 3.95. The van der Waals surface area contributed by atoms with Gasteiger partial charge in [0.2, 0.25) is 10.0 Å². The van der Waals surface area contributed by atoms with Crippen LogP contribution in [0.25, 0.3) is 0 Å². The number of hydrogen-bond acceptors (Lipinski definition) is 5. The number of sulfonamides is 1. The number of aliphatic carboxylic acids is 1. The van der Waals surface area contributed by atoms with Crippen molar-refractivity contribution in [1.29, 1.82) is 0 Å². The number of hydrogen-bond donors (Lipinski definition) is 1. The Labute approximate surface area is 126 Å². The largest absolute Gasteiger partial charge is 0.480 e. The first-order valence-corrected chi connectivity index (χ1v) is 7.83. The van der Waals surface area contributed by atoms with Crippen LogP contribution in [-0.2, 0) is 24.3 Å². The Balaban J connectivity index is 2.33. The number of rotatable bonds is 4. The van der Waals surface area contributed by atoms with Gasteiger partial charge in [-0.3, -0.25) is 9.59 Å². The maximum Gasteiger partial charge on any atom is 0.322 e. The summed E-state index contributed by atoms with van der Waals surface area (Å²) >= 11 is 0. The number of carboxylic acid groups (broad SMARTS) is 1. The Bertz CT molecular complexity index is 687. The van der Waals surface area contributed by atoms with Crippen LogP contribution in [0.5, 0.6) is 0 Å². The van der Waals surface area contributed by atoms with Gasteiger partial charge < -0.3 is 9.84 Å². The van der Waals surface area contributed by atoms with E-state index in [1.165, 1.54) is 0 Å². The predicted molar refractivity (Wildman–Crippen MR) is 71.9 cm³/mol. The Morgan fingerprint density at radius 1 is 1.32 bits per heavy atom. The molecule has 9 heteroatoms. The third-order valence-corrected chi connectivity index (χ3v) is 5.14. The summed E-state index contributed by atoms with van der Waals surface area (Å²) < 4.78 is 43.5. The van der Waals surface area contributed by atoms with Gasteiger partial charge >= 0.3 is 11.9 Å². The van der Waals surface area contributed by atoms with Crippen molar-refractivity contribution >= 4 is 22.0 Å². The third kappa shape index (κ3) is 3.25. The van der Waals surface area contributed by atoms with Gasteiger partial charge in [-0.1, -0.05) is 0 Å². The Morgan fingerprint density at radius 3 is 2.41 bits per heavy atom. The van der Waals surface area contributed by atoms with Crippen LogP contribution in [-0.4, -0.2) is 48.5 Å². The van der Waals surface area contributed by atoms with E-state index in [4.69, 9.17) is 4.74 Å². The quantitative estimate of drug-likeness (QED) is 0.811. The van der Waals surface area contributed by atoms with Crippen LogP contribution < -0.4 is 0 Å². The molecule has 0 spiro atoms. The van der Waals surface area contributed by atoms with E-state index < -0.39 is 39.9 Å². The monoisotopic (exact) mass is 331 g/mol.